The Balaban J connectivity index is 3.32. The monoisotopic (exact) mass is 240 g/mol. The summed E-state index contributed by atoms with van der Waals surface area (Å²) in [7, 11) is 0. The Hall–Kier alpha value is -1.36. The van der Waals surface area contributed by atoms with Gasteiger partial charge in [0.25, 0.3) is 0 Å². The standard InChI is InChI=1S/C12H20N2O3/c1-6-17-11(16)10-8(2)13-14(9(10)7-15)12(3,4)5/h15H,6-7H2,1-5H3. The molecule has 1 heterocycles. The van der Waals surface area contributed by atoms with Crippen molar-refractivity contribution in [3.8, 4) is 0 Å². The summed E-state index contributed by atoms with van der Waals surface area (Å²) in [4.78, 5) is 11.8. The Kier molecular flexibility index (Phi) is 3.93. The normalized spacial score (nSPS) is 11.6. The average molecular weight is 240 g/mol. The van der Waals surface area contributed by atoms with Gasteiger partial charge in [0, 0.05) is 0 Å². The Morgan fingerprint density at radius 1 is 1.47 bits per heavy atom. The third-order valence-corrected chi connectivity index (χ3v) is 2.42. The summed E-state index contributed by atoms with van der Waals surface area (Å²) in [5.41, 5.74) is 1.19. The third-order valence-electron chi connectivity index (χ3n) is 2.42. The van der Waals surface area contributed by atoms with Crippen molar-refractivity contribution in [3.05, 3.63) is 17.0 Å². The molecule has 5 heteroatoms. The second-order valence-electron chi connectivity index (χ2n) is 4.87. The van der Waals surface area contributed by atoms with Crippen LogP contribution in [-0.2, 0) is 16.9 Å². The van der Waals surface area contributed by atoms with E-state index in [1.54, 1.807) is 18.5 Å². The first-order chi connectivity index (χ1) is 7.82. The zero-order valence-electron chi connectivity index (χ0n) is 11.1. The van der Waals surface area contributed by atoms with Gasteiger partial charge >= 0.3 is 5.97 Å². The molecule has 0 amide bonds. The molecule has 0 atom stereocenters. The SMILES string of the molecule is CCOC(=O)c1c(C)nn(C(C)(C)C)c1CO. The summed E-state index contributed by atoms with van der Waals surface area (Å²) in [5, 5.41) is 13.7. The van der Waals surface area contributed by atoms with Gasteiger partial charge in [0.1, 0.15) is 5.56 Å². The molecule has 0 aliphatic heterocycles. The zero-order valence-corrected chi connectivity index (χ0v) is 11.1. The summed E-state index contributed by atoms with van der Waals surface area (Å²) in [6.45, 7) is 9.47. The smallest absolute Gasteiger partial charge is 0.341 e. The highest BCUT2D eigenvalue weighted by molar-refractivity contribution is 5.91. The summed E-state index contributed by atoms with van der Waals surface area (Å²) in [5.74, 6) is -0.426. The van der Waals surface area contributed by atoms with E-state index >= 15 is 0 Å². The molecule has 1 rings (SSSR count). The van der Waals surface area contributed by atoms with Crippen molar-refractivity contribution in [2.75, 3.05) is 6.61 Å². The highest BCUT2D eigenvalue weighted by atomic mass is 16.5. The fourth-order valence-corrected chi connectivity index (χ4v) is 1.74. The van der Waals surface area contributed by atoms with E-state index in [0.29, 0.717) is 23.6 Å². The number of aromatic nitrogens is 2. The van der Waals surface area contributed by atoms with Gasteiger partial charge in [0.05, 0.1) is 30.1 Å². The number of aliphatic hydroxyl groups excluding tert-OH is 1. The van der Waals surface area contributed by atoms with Gasteiger partial charge in [-0.05, 0) is 34.6 Å². The van der Waals surface area contributed by atoms with Crippen molar-refractivity contribution in [2.24, 2.45) is 0 Å². The van der Waals surface area contributed by atoms with Crippen LogP contribution in [0.25, 0.3) is 0 Å². The average Bonchev–Trinajstić information content (AvgIpc) is 2.55. The predicted molar refractivity (Wildman–Crippen MR) is 63.8 cm³/mol. The van der Waals surface area contributed by atoms with E-state index in [0.717, 1.165) is 0 Å². The maximum absolute atomic E-state index is 11.8. The third kappa shape index (κ3) is 2.66. The Morgan fingerprint density at radius 3 is 2.47 bits per heavy atom. The van der Waals surface area contributed by atoms with Gasteiger partial charge in [-0.3, -0.25) is 4.68 Å². The summed E-state index contributed by atoms with van der Waals surface area (Å²) in [6.07, 6.45) is 0. The fourth-order valence-electron chi connectivity index (χ4n) is 1.74. The van der Waals surface area contributed by atoms with Crippen molar-refractivity contribution >= 4 is 5.97 Å². The number of hydrogen-bond donors (Lipinski definition) is 1. The zero-order chi connectivity index (χ0) is 13.2. The van der Waals surface area contributed by atoms with Crippen molar-refractivity contribution in [2.45, 2.75) is 46.8 Å². The Morgan fingerprint density at radius 2 is 2.06 bits per heavy atom. The van der Waals surface area contributed by atoms with Gasteiger partial charge in [0.2, 0.25) is 0 Å². The molecule has 0 saturated carbocycles. The van der Waals surface area contributed by atoms with Gasteiger partial charge in [0.15, 0.2) is 0 Å². The van der Waals surface area contributed by atoms with Crippen LogP contribution in [0.2, 0.25) is 0 Å². The molecule has 0 aromatic carbocycles. The molecule has 0 bridgehead atoms. The van der Waals surface area contributed by atoms with E-state index in [-0.39, 0.29) is 12.1 Å². The first-order valence-electron chi connectivity index (χ1n) is 5.69. The molecule has 0 saturated heterocycles. The first kappa shape index (κ1) is 13.7. The van der Waals surface area contributed by atoms with Gasteiger partial charge in [-0.1, -0.05) is 0 Å². The van der Waals surface area contributed by atoms with E-state index in [1.807, 2.05) is 20.8 Å². The topological polar surface area (TPSA) is 64.3 Å². The molecule has 1 aromatic heterocycles. The number of aryl methyl sites for hydroxylation is 1. The molecule has 5 nitrogen and oxygen atoms in total. The van der Waals surface area contributed by atoms with Crippen LogP contribution in [0.3, 0.4) is 0 Å². The second kappa shape index (κ2) is 4.87. The molecule has 0 fully saturated rings. The summed E-state index contributed by atoms with van der Waals surface area (Å²) in [6, 6.07) is 0. The number of carbonyl (C=O) groups is 1. The van der Waals surface area contributed by atoms with Crippen LogP contribution in [0.15, 0.2) is 0 Å². The molecule has 0 aliphatic carbocycles. The van der Waals surface area contributed by atoms with Crippen LogP contribution in [-0.4, -0.2) is 27.5 Å². The lowest BCUT2D eigenvalue weighted by Gasteiger charge is -2.22. The quantitative estimate of drug-likeness (QED) is 0.815. The van der Waals surface area contributed by atoms with Crippen molar-refractivity contribution in [1.82, 2.24) is 9.78 Å². The first-order valence-corrected chi connectivity index (χ1v) is 5.69. The van der Waals surface area contributed by atoms with E-state index in [4.69, 9.17) is 4.74 Å². The Labute approximate surface area is 101 Å². The lowest BCUT2D eigenvalue weighted by molar-refractivity contribution is 0.0521. The molecule has 0 unspecified atom stereocenters. The number of ether oxygens (including phenoxy) is 1. The number of hydrogen-bond acceptors (Lipinski definition) is 4. The van der Waals surface area contributed by atoms with Crippen LogP contribution in [0.1, 0.15) is 49.4 Å². The van der Waals surface area contributed by atoms with Gasteiger partial charge in [-0.15, -0.1) is 0 Å². The van der Waals surface area contributed by atoms with E-state index in [9.17, 15) is 9.90 Å². The van der Waals surface area contributed by atoms with Crippen LogP contribution < -0.4 is 0 Å². The molecular formula is C12H20N2O3. The largest absolute Gasteiger partial charge is 0.462 e. The lowest BCUT2D eigenvalue weighted by Crippen LogP contribution is -2.26. The number of carbonyl (C=O) groups excluding carboxylic acids is 1. The fraction of sp³-hybridized carbons (Fsp3) is 0.667. The number of nitrogens with zero attached hydrogens (tertiary/aromatic N) is 2. The Bertz CT molecular complexity index is 416. The van der Waals surface area contributed by atoms with Gasteiger partial charge in [-0.2, -0.15) is 5.10 Å². The van der Waals surface area contributed by atoms with Crippen LogP contribution >= 0.6 is 0 Å². The van der Waals surface area contributed by atoms with Crippen molar-refractivity contribution < 1.29 is 14.6 Å². The maximum Gasteiger partial charge on any atom is 0.341 e. The van der Waals surface area contributed by atoms with Crippen molar-refractivity contribution in [3.63, 3.8) is 0 Å². The van der Waals surface area contributed by atoms with Crippen LogP contribution in [0, 0.1) is 6.92 Å². The molecule has 1 N–H and O–H groups in total. The lowest BCUT2D eigenvalue weighted by atomic mass is 10.1. The predicted octanol–water partition coefficient (Wildman–Crippen LogP) is 1.62. The molecule has 96 valence electrons. The molecule has 17 heavy (non-hydrogen) atoms. The highest BCUT2D eigenvalue weighted by Crippen LogP contribution is 2.22. The van der Waals surface area contributed by atoms with Gasteiger partial charge in [-0.25, -0.2) is 4.79 Å². The van der Waals surface area contributed by atoms with E-state index < -0.39 is 5.97 Å². The van der Waals surface area contributed by atoms with Crippen LogP contribution in [0.5, 0.6) is 0 Å². The van der Waals surface area contributed by atoms with Gasteiger partial charge < -0.3 is 9.84 Å². The number of esters is 1. The van der Waals surface area contributed by atoms with E-state index in [1.165, 1.54) is 0 Å². The molecule has 1 aromatic rings. The second-order valence-corrected chi connectivity index (χ2v) is 4.87. The minimum Gasteiger partial charge on any atom is -0.462 e. The van der Waals surface area contributed by atoms with E-state index in [2.05, 4.69) is 5.10 Å². The number of aliphatic hydroxyl groups is 1. The molecule has 0 radical (unpaired) electrons. The summed E-state index contributed by atoms with van der Waals surface area (Å²) >= 11 is 0. The van der Waals surface area contributed by atoms with Crippen LogP contribution in [0.4, 0.5) is 0 Å². The molecule has 0 spiro atoms. The minimum absolute atomic E-state index is 0.230. The number of rotatable bonds is 3. The molecule has 0 aliphatic rings. The molecular weight excluding hydrogens is 220 g/mol. The highest BCUT2D eigenvalue weighted by Gasteiger charge is 2.27. The maximum atomic E-state index is 11.8. The summed E-state index contributed by atoms with van der Waals surface area (Å²) < 4.78 is 6.65. The van der Waals surface area contributed by atoms with Crippen molar-refractivity contribution in [1.29, 1.82) is 0 Å². The minimum atomic E-state index is -0.426.